The first-order valence-corrected chi connectivity index (χ1v) is 9.27. The van der Waals surface area contributed by atoms with Crippen LogP contribution < -0.4 is 5.32 Å². The van der Waals surface area contributed by atoms with Crippen LogP contribution in [0.4, 0.5) is 4.39 Å². The van der Waals surface area contributed by atoms with Crippen molar-refractivity contribution in [3.05, 3.63) is 101 Å². The number of nitrogens with zero attached hydrogens (tertiary/aromatic N) is 3. The van der Waals surface area contributed by atoms with E-state index < -0.39 is 0 Å². The first kappa shape index (κ1) is 18.8. The largest absolute Gasteiger partial charge is 0.348 e. The molecule has 144 valence electrons. The van der Waals surface area contributed by atoms with Crippen molar-refractivity contribution in [1.82, 2.24) is 20.1 Å². The average Bonchev–Trinajstić information content (AvgIpc) is 3.18. The Morgan fingerprint density at radius 3 is 2.48 bits per heavy atom. The molecule has 29 heavy (non-hydrogen) atoms. The number of para-hydroxylation sites is 1. The quantitative estimate of drug-likeness (QED) is 0.490. The van der Waals surface area contributed by atoms with Crippen molar-refractivity contribution >= 4 is 17.5 Å². The minimum atomic E-state index is -0.318. The zero-order valence-corrected chi connectivity index (χ0v) is 16.0. The molecule has 0 aliphatic heterocycles. The molecule has 0 fully saturated rings. The van der Waals surface area contributed by atoms with E-state index in [1.807, 2.05) is 36.5 Å². The lowest BCUT2D eigenvalue weighted by Gasteiger charge is -2.06. The predicted molar refractivity (Wildman–Crippen MR) is 109 cm³/mol. The Morgan fingerprint density at radius 1 is 1.03 bits per heavy atom. The molecule has 7 heteroatoms. The van der Waals surface area contributed by atoms with Gasteiger partial charge >= 0.3 is 0 Å². The topological polar surface area (TPSA) is 59.8 Å². The van der Waals surface area contributed by atoms with Gasteiger partial charge in [0.05, 0.1) is 16.9 Å². The first-order valence-electron chi connectivity index (χ1n) is 8.90. The maximum absolute atomic E-state index is 13.3. The van der Waals surface area contributed by atoms with Crippen molar-refractivity contribution in [2.24, 2.45) is 0 Å². The molecule has 0 atom stereocenters. The number of rotatable bonds is 5. The number of halogens is 2. The van der Waals surface area contributed by atoms with E-state index in [4.69, 9.17) is 11.6 Å². The summed E-state index contributed by atoms with van der Waals surface area (Å²) in [5.41, 5.74) is 3.53. The second kappa shape index (κ2) is 8.24. The van der Waals surface area contributed by atoms with Crippen LogP contribution in [-0.4, -0.2) is 20.7 Å². The molecule has 0 aliphatic rings. The highest BCUT2D eigenvalue weighted by molar-refractivity contribution is 6.29. The molecule has 0 radical (unpaired) electrons. The highest BCUT2D eigenvalue weighted by Crippen LogP contribution is 2.24. The van der Waals surface area contributed by atoms with Crippen molar-refractivity contribution in [3.63, 3.8) is 0 Å². The third-order valence-corrected chi connectivity index (χ3v) is 4.58. The van der Waals surface area contributed by atoms with Crippen LogP contribution in [0, 0.1) is 5.82 Å². The Balaban J connectivity index is 1.63. The number of carbonyl (C=O) groups excluding carboxylic acids is 1. The molecule has 4 aromatic rings. The van der Waals surface area contributed by atoms with Gasteiger partial charge < -0.3 is 5.32 Å². The zero-order chi connectivity index (χ0) is 20.2. The minimum Gasteiger partial charge on any atom is -0.348 e. The normalized spacial score (nSPS) is 10.7. The fourth-order valence-corrected chi connectivity index (χ4v) is 3.00. The molecular weight excluding hydrogens is 391 g/mol. The van der Waals surface area contributed by atoms with Crippen molar-refractivity contribution in [1.29, 1.82) is 0 Å². The van der Waals surface area contributed by atoms with Gasteiger partial charge in [0.1, 0.15) is 11.0 Å². The van der Waals surface area contributed by atoms with E-state index in [-0.39, 0.29) is 18.3 Å². The molecule has 1 amide bonds. The molecule has 0 aliphatic carbocycles. The third-order valence-electron chi connectivity index (χ3n) is 4.36. The minimum absolute atomic E-state index is 0.251. The van der Waals surface area contributed by atoms with Gasteiger partial charge in [-0.05, 0) is 48.5 Å². The highest BCUT2D eigenvalue weighted by atomic mass is 35.5. The molecule has 2 aromatic carbocycles. The Hall–Kier alpha value is -3.51. The van der Waals surface area contributed by atoms with Gasteiger partial charge in [0.15, 0.2) is 0 Å². The molecule has 0 unspecified atom stereocenters. The standard InChI is InChI=1S/C22H16ClFN4O/c23-20-11-8-16(12-25-20)22(29)26-13-17-14-28(19-4-2-1-3-5-19)27-21(17)15-6-9-18(24)10-7-15/h1-12,14H,13H2,(H,26,29). The molecule has 0 spiro atoms. The molecule has 5 nitrogen and oxygen atoms in total. The number of hydrogen-bond donors (Lipinski definition) is 1. The number of aromatic nitrogens is 3. The maximum atomic E-state index is 13.3. The third kappa shape index (κ3) is 4.33. The van der Waals surface area contributed by atoms with E-state index in [0.717, 1.165) is 16.8 Å². The summed E-state index contributed by atoms with van der Waals surface area (Å²) in [6.07, 6.45) is 3.28. The predicted octanol–water partition coefficient (Wildman–Crippen LogP) is 4.66. The van der Waals surface area contributed by atoms with Gasteiger partial charge in [-0.3, -0.25) is 4.79 Å². The molecule has 4 rings (SSSR count). The van der Waals surface area contributed by atoms with Crippen LogP contribution in [0.3, 0.4) is 0 Å². The van der Waals surface area contributed by atoms with Crippen molar-refractivity contribution in [2.45, 2.75) is 6.54 Å². The van der Waals surface area contributed by atoms with Gasteiger partial charge in [0, 0.05) is 30.1 Å². The summed E-state index contributed by atoms with van der Waals surface area (Å²) >= 11 is 5.77. The number of benzene rings is 2. The summed E-state index contributed by atoms with van der Waals surface area (Å²) in [5, 5.41) is 7.85. The van der Waals surface area contributed by atoms with Crippen LogP contribution in [-0.2, 0) is 6.54 Å². The van der Waals surface area contributed by atoms with Gasteiger partial charge in [-0.2, -0.15) is 5.10 Å². The monoisotopic (exact) mass is 406 g/mol. The fourth-order valence-electron chi connectivity index (χ4n) is 2.89. The Bertz CT molecular complexity index is 1130. The van der Waals surface area contributed by atoms with E-state index in [1.165, 1.54) is 18.3 Å². The van der Waals surface area contributed by atoms with Gasteiger partial charge in [0.25, 0.3) is 5.91 Å². The molecular formula is C22H16ClFN4O. The molecule has 2 heterocycles. The second-order valence-corrected chi connectivity index (χ2v) is 6.73. The van der Waals surface area contributed by atoms with Crippen LogP contribution in [0.2, 0.25) is 5.15 Å². The molecule has 2 aromatic heterocycles. The Labute approximate surface area is 171 Å². The van der Waals surface area contributed by atoms with Gasteiger partial charge in [-0.15, -0.1) is 0 Å². The van der Waals surface area contributed by atoms with E-state index in [9.17, 15) is 9.18 Å². The molecule has 1 N–H and O–H groups in total. The smallest absolute Gasteiger partial charge is 0.253 e. The summed E-state index contributed by atoms with van der Waals surface area (Å²) in [6, 6.07) is 18.9. The maximum Gasteiger partial charge on any atom is 0.253 e. The van der Waals surface area contributed by atoms with E-state index >= 15 is 0 Å². The summed E-state index contributed by atoms with van der Waals surface area (Å²) in [6.45, 7) is 0.251. The van der Waals surface area contributed by atoms with E-state index in [2.05, 4.69) is 15.4 Å². The summed E-state index contributed by atoms with van der Waals surface area (Å²) in [5.74, 6) is -0.590. The number of nitrogens with one attached hydrogen (secondary N) is 1. The van der Waals surface area contributed by atoms with Crippen LogP contribution in [0.15, 0.2) is 79.1 Å². The van der Waals surface area contributed by atoms with Crippen LogP contribution >= 0.6 is 11.6 Å². The van der Waals surface area contributed by atoms with Crippen molar-refractivity contribution in [2.75, 3.05) is 0 Å². The summed E-state index contributed by atoms with van der Waals surface area (Å²) in [4.78, 5) is 16.4. The lowest BCUT2D eigenvalue weighted by molar-refractivity contribution is 0.0950. The van der Waals surface area contributed by atoms with Crippen LogP contribution in [0.25, 0.3) is 16.9 Å². The van der Waals surface area contributed by atoms with E-state index in [1.54, 1.807) is 28.9 Å². The zero-order valence-electron chi connectivity index (χ0n) is 15.2. The molecule has 0 saturated carbocycles. The molecule has 0 saturated heterocycles. The van der Waals surface area contributed by atoms with Crippen molar-refractivity contribution < 1.29 is 9.18 Å². The lowest BCUT2D eigenvalue weighted by Crippen LogP contribution is -2.23. The van der Waals surface area contributed by atoms with Gasteiger partial charge in [-0.25, -0.2) is 14.1 Å². The summed E-state index contributed by atoms with van der Waals surface area (Å²) < 4.78 is 15.1. The van der Waals surface area contributed by atoms with Crippen molar-refractivity contribution in [3.8, 4) is 16.9 Å². The SMILES string of the molecule is O=C(NCc1cn(-c2ccccc2)nc1-c1ccc(F)cc1)c1ccc(Cl)nc1. The van der Waals surface area contributed by atoms with Gasteiger partial charge in [-0.1, -0.05) is 29.8 Å². The number of pyridine rings is 1. The second-order valence-electron chi connectivity index (χ2n) is 6.34. The lowest BCUT2D eigenvalue weighted by atomic mass is 10.1. The Kier molecular flexibility index (Phi) is 5.35. The average molecular weight is 407 g/mol. The highest BCUT2D eigenvalue weighted by Gasteiger charge is 2.14. The van der Waals surface area contributed by atoms with E-state index in [0.29, 0.717) is 16.4 Å². The molecule has 0 bridgehead atoms. The summed E-state index contributed by atoms with van der Waals surface area (Å²) in [7, 11) is 0. The van der Waals surface area contributed by atoms with Crippen LogP contribution in [0.5, 0.6) is 0 Å². The number of hydrogen-bond acceptors (Lipinski definition) is 3. The Morgan fingerprint density at radius 2 is 1.79 bits per heavy atom. The number of amides is 1. The number of carbonyl (C=O) groups is 1. The van der Waals surface area contributed by atoms with Gasteiger partial charge in [0.2, 0.25) is 0 Å². The van der Waals surface area contributed by atoms with Crippen LogP contribution in [0.1, 0.15) is 15.9 Å². The fraction of sp³-hybridized carbons (Fsp3) is 0.0455. The first-order chi connectivity index (χ1) is 14.1.